The first-order chi connectivity index (χ1) is 12.6. The topological polar surface area (TPSA) is 23.6 Å². The van der Waals surface area contributed by atoms with Crippen LogP contribution < -0.4 is 0 Å². The molecule has 0 aromatic carbocycles. The van der Waals surface area contributed by atoms with Crippen molar-refractivity contribution >= 4 is 5.91 Å². The van der Waals surface area contributed by atoms with Crippen LogP contribution in [0, 0.1) is 23.7 Å². The molecule has 0 atom stereocenters. The molecule has 3 heteroatoms. The van der Waals surface area contributed by atoms with Crippen molar-refractivity contribution in [3.63, 3.8) is 0 Å². The van der Waals surface area contributed by atoms with E-state index in [-0.39, 0.29) is 0 Å². The van der Waals surface area contributed by atoms with Gasteiger partial charge < -0.3 is 9.80 Å². The monoisotopic (exact) mass is 362 g/mol. The van der Waals surface area contributed by atoms with E-state index in [0.29, 0.717) is 12.3 Å². The van der Waals surface area contributed by atoms with Crippen LogP contribution in [0.15, 0.2) is 0 Å². The predicted molar refractivity (Wildman–Crippen MR) is 109 cm³/mol. The molecule has 1 saturated carbocycles. The maximum atomic E-state index is 11.8. The van der Waals surface area contributed by atoms with E-state index in [0.717, 1.165) is 42.8 Å². The highest BCUT2D eigenvalue weighted by Gasteiger charge is 2.31. The maximum absolute atomic E-state index is 11.8. The predicted octanol–water partition coefficient (Wildman–Crippen LogP) is 4.95. The summed E-state index contributed by atoms with van der Waals surface area (Å²) in [6, 6.07) is 0.878. The van der Waals surface area contributed by atoms with Crippen LogP contribution in [0.25, 0.3) is 0 Å². The van der Waals surface area contributed by atoms with Crippen molar-refractivity contribution in [3.05, 3.63) is 0 Å². The lowest BCUT2D eigenvalue weighted by Gasteiger charge is -2.42. The molecule has 0 N–H and O–H groups in total. The lowest BCUT2D eigenvalue weighted by atomic mass is 9.77. The van der Waals surface area contributed by atoms with E-state index in [9.17, 15) is 4.79 Å². The number of nitrogens with zero attached hydrogens (tertiary/aromatic N) is 2. The van der Waals surface area contributed by atoms with Crippen LogP contribution in [0.3, 0.4) is 0 Å². The Labute approximate surface area is 161 Å². The number of likely N-dealkylation sites (tertiary alicyclic amines) is 2. The molecule has 1 amide bonds. The molecule has 2 heterocycles. The molecule has 0 spiro atoms. The number of hydrogen-bond donors (Lipinski definition) is 0. The Kier molecular flexibility index (Phi) is 7.43. The van der Waals surface area contributed by atoms with Crippen LogP contribution in [0.5, 0.6) is 0 Å². The Morgan fingerprint density at radius 2 is 1.42 bits per heavy atom. The molecule has 0 radical (unpaired) electrons. The summed E-state index contributed by atoms with van der Waals surface area (Å²) in [6.07, 6.45) is 13.2. The molecule has 0 bridgehead atoms. The van der Waals surface area contributed by atoms with Gasteiger partial charge in [0, 0.05) is 25.6 Å². The van der Waals surface area contributed by atoms with Crippen molar-refractivity contribution in [2.45, 2.75) is 91.0 Å². The van der Waals surface area contributed by atoms with Gasteiger partial charge in [0.05, 0.1) is 0 Å². The van der Waals surface area contributed by atoms with Gasteiger partial charge in [-0.15, -0.1) is 0 Å². The van der Waals surface area contributed by atoms with Crippen molar-refractivity contribution in [2.24, 2.45) is 23.7 Å². The summed E-state index contributed by atoms with van der Waals surface area (Å²) in [5.41, 5.74) is 0. The summed E-state index contributed by atoms with van der Waals surface area (Å²) >= 11 is 0. The van der Waals surface area contributed by atoms with Crippen LogP contribution >= 0.6 is 0 Å². The van der Waals surface area contributed by atoms with E-state index in [1.54, 1.807) is 0 Å². The third-order valence-electron chi connectivity index (χ3n) is 7.79. The molecule has 2 saturated heterocycles. The van der Waals surface area contributed by atoms with Gasteiger partial charge in [-0.3, -0.25) is 4.79 Å². The molecule has 0 aromatic rings. The van der Waals surface area contributed by atoms with Gasteiger partial charge in [0.1, 0.15) is 0 Å². The van der Waals surface area contributed by atoms with Crippen LogP contribution in [0.1, 0.15) is 85.0 Å². The lowest BCUT2D eigenvalue weighted by molar-refractivity contribution is -0.132. The minimum Gasteiger partial charge on any atom is -0.343 e. The average molecular weight is 363 g/mol. The molecular formula is C23H42N2O. The van der Waals surface area contributed by atoms with Gasteiger partial charge in [0.15, 0.2) is 0 Å². The highest BCUT2D eigenvalue weighted by atomic mass is 16.2. The summed E-state index contributed by atoms with van der Waals surface area (Å²) in [4.78, 5) is 16.7. The summed E-state index contributed by atoms with van der Waals surface area (Å²) < 4.78 is 0. The van der Waals surface area contributed by atoms with Gasteiger partial charge in [-0.25, -0.2) is 0 Å². The molecule has 26 heavy (non-hydrogen) atoms. The Balaban J connectivity index is 1.34. The summed E-state index contributed by atoms with van der Waals surface area (Å²) in [5.74, 6) is 4.02. The normalized spacial score (nSPS) is 30.1. The molecular weight excluding hydrogens is 320 g/mol. The van der Waals surface area contributed by atoms with Crippen molar-refractivity contribution in [1.29, 1.82) is 0 Å². The molecule has 3 rings (SSSR count). The number of amides is 1. The lowest BCUT2D eigenvalue weighted by Crippen LogP contribution is -2.44. The second-order valence-corrected chi connectivity index (χ2v) is 9.71. The van der Waals surface area contributed by atoms with Gasteiger partial charge in [-0.1, -0.05) is 20.8 Å². The molecule has 1 aliphatic carbocycles. The van der Waals surface area contributed by atoms with E-state index in [2.05, 4.69) is 23.6 Å². The SMILES string of the molecule is CCC(=O)N1CCC(C[C@H]2CC[C@H](N3CCC(C(C)C)CC3)CC2)CC1. The van der Waals surface area contributed by atoms with Gasteiger partial charge in [-0.05, 0) is 94.5 Å². The van der Waals surface area contributed by atoms with E-state index < -0.39 is 0 Å². The third kappa shape index (κ3) is 5.24. The van der Waals surface area contributed by atoms with Crippen molar-refractivity contribution in [3.8, 4) is 0 Å². The summed E-state index contributed by atoms with van der Waals surface area (Å²) in [6.45, 7) is 11.5. The fraction of sp³-hybridized carbons (Fsp3) is 0.957. The minimum absolute atomic E-state index is 0.352. The van der Waals surface area contributed by atoms with Crippen LogP contribution in [-0.2, 0) is 4.79 Å². The van der Waals surface area contributed by atoms with E-state index in [1.807, 2.05) is 6.92 Å². The Bertz CT molecular complexity index is 425. The van der Waals surface area contributed by atoms with E-state index >= 15 is 0 Å². The van der Waals surface area contributed by atoms with Crippen LogP contribution in [-0.4, -0.2) is 47.9 Å². The zero-order chi connectivity index (χ0) is 18.5. The first-order valence-corrected chi connectivity index (χ1v) is 11.6. The highest BCUT2D eigenvalue weighted by Crippen LogP contribution is 2.36. The van der Waals surface area contributed by atoms with Gasteiger partial charge in [-0.2, -0.15) is 0 Å². The Morgan fingerprint density at radius 3 is 1.96 bits per heavy atom. The van der Waals surface area contributed by atoms with Gasteiger partial charge in [0.25, 0.3) is 0 Å². The molecule has 2 aliphatic heterocycles. The van der Waals surface area contributed by atoms with E-state index in [1.165, 1.54) is 70.9 Å². The quantitative estimate of drug-likeness (QED) is 0.691. The fourth-order valence-corrected chi connectivity index (χ4v) is 5.81. The second kappa shape index (κ2) is 9.57. The molecule has 3 nitrogen and oxygen atoms in total. The number of piperidine rings is 2. The maximum Gasteiger partial charge on any atom is 0.222 e. The Hall–Kier alpha value is -0.570. The van der Waals surface area contributed by atoms with Crippen LogP contribution in [0.2, 0.25) is 0 Å². The zero-order valence-corrected chi connectivity index (χ0v) is 17.6. The minimum atomic E-state index is 0.352. The molecule has 0 unspecified atom stereocenters. The summed E-state index contributed by atoms with van der Waals surface area (Å²) in [7, 11) is 0. The number of carbonyl (C=O) groups excluding carboxylic acids is 1. The van der Waals surface area contributed by atoms with E-state index in [4.69, 9.17) is 0 Å². The zero-order valence-electron chi connectivity index (χ0n) is 17.6. The largest absolute Gasteiger partial charge is 0.343 e. The smallest absolute Gasteiger partial charge is 0.222 e. The molecule has 3 aliphatic rings. The molecule has 150 valence electrons. The van der Waals surface area contributed by atoms with Crippen LogP contribution in [0.4, 0.5) is 0 Å². The highest BCUT2D eigenvalue weighted by molar-refractivity contribution is 5.75. The summed E-state index contributed by atoms with van der Waals surface area (Å²) in [5, 5.41) is 0. The third-order valence-corrected chi connectivity index (χ3v) is 7.79. The van der Waals surface area contributed by atoms with Gasteiger partial charge in [0.2, 0.25) is 5.91 Å². The fourth-order valence-electron chi connectivity index (χ4n) is 5.81. The Morgan fingerprint density at radius 1 is 0.846 bits per heavy atom. The first kappa shape index (κ1) is 20.2. The number of hydrogen-bond acceptors (Lipinski definition) is 2. The van der Waals surface area contributed by atoms with Crippen molar-refractivity contribution in [2.75, 3.05) is 26.2 Å². The average Bonchev–Trinajstić information content (AvgIpc) is 2.68. The first-order valence-electron chi connectivity index (χ1n) is 11.6. The second-order valence-electron chi connectivity index (χ2n) is 9.71. The van der Waals surface area contributed by atoms with Crippen molar-refractivity contribution in [1.82, 2.24) is 9.80 Å². The standard InChI is InChI=1S/C23H42N2O/c1-4-23(26)25-13-9-20(10-14-25)17-19-5-7-22(8-6-19)24-15-11-21(12-16-24)18(2)3/h18-22H,4-17H2,1-3H3/t19-,22-. The number of rotatable bonds is 5. The number of carbonyl (C=O) groups is 1. The molecule has 0 aromatic heterocycles. The molecule has 3 fully saturated rings. The van der Waals surface area contributed by atoms with Gasteiger partial charge >= 0.3 is 0 Å². The van der Waals surface area contributed by atoms with Crippen molar-refractivity contribution < 1.29 is 4.79 Å².